The Labute approximate surface area is 146 Å². The molecule has 124 valence electrons. The monoisotopic (exact) mass is 342 g/mol. The molecular formula is C19H19ClN2O2. The summed E-state index contributed by atoms with van der Waals surface area (Å²) in [4.78, 5) is 11.9. The Kier molecular flexibility index (Phi) is 6.58. The summed E-state index contributed by atoms with van der Waals surface area (Å²) in [5.41, 5.74) is 4.40. The summed E-state index contributed by atoms with van der Waals surface area (Å²) in [5, 5.41) is 4.53. The molecule has 0 fully saturated rings. The molecule has 0 saturated heterocycles. The van der Waals surface area contributed by atoms with Gasteiger partial charge in [0.05, 0.1) is 0 Å². The number of rotatable bonds is 6. The normalized spacial score (nSPS) is 12.5. The topological polar surface area (TPSA) is 50.7 Å². The molecule has 0 bridgehead atoms. The fraction of sp³-hybridized carbons (Fsp3) is 0.158. The largest absolute Gasteiger partial charge is 0.481 e. The molecule has 1 N–H and O–H groups in total. The number of aryl methyl sites for hydroxylation is 1. The number of carbonyl (C=O) groups excluding carboxylic acids is 1. The Balaban J connectivity index is 1.82. The van der Waals surface area contributed by atoms with E-state index in [9.17, 15) is 4.79 Å². The van der Waals surface area contributed by atoms with Crippen molar-refractivity contribution < 1.29 is 9.53 Å². The first-order valence-electron chi connectivity index (χ1n) is 7.53. The predicted molar refractivity (Wildman–Crippen MR) is 98.4 cm³/mol. The highest BCUT2D eigenvalue weighted by Crippen LogP contribution is 2.21. The maximum absolute atomic E-state index is 11.9. The molecule has 0 heterocycles. The lowest BCUT2D eigenvalue weighted by atomic mass is 10.2. The van der Waals surface area contributed by atoms with Gasteiger partial charge < -0.3 is 4.74 Å². The van der Waals surface area contributed by atoms with Gasteiger partial charge in [-0.2, -0.15) is 5.10 Å². The highest BCUT2D eigenvalue weighted by molar-refractivity contribution is 6.31. The van der Waals surface area contributed by atoms with Crippen molar-refractivity contribution >= 4 is 29.8 Å². The van der Waals surface area contributed by atoms with Gasteiger partial charge in [-0.3, -0.25) is 4.79 Å². The van der Waals surface area contributed by atoms with Crippen LogP contribution in [0, 0.1) is 6.92 Å². The number of hydrazone groups is 1. The average Bonchev–Trinajstić information content (AvgIpc) is 2.58. The van der Waals surface area contributed by atoms with Gasteiger partial charge in [0, 0.05) is 11.2 Å². The third kappa shape index (κ3) is 5.56. The quantitative estimate of drug-likeness (QED) is 0.631. The molecule has 0 aliphatic heterocycles. The number of allylic oxidation sites excluding steroid dienone is 1. The minimum atomic E-state index is -0.666. The third-order valence-corrected chi connectivity index (χ3v) is 3.66. The molecule has 2 aromatic carbocycles. The number of nitrogens with one attached hydrogen (secondary N) is 1. The van der Waals surface area contributed by atoms with Crippen LogP contribution < -0.4 is 10.2 Å². The van der Waals surface area contributed by atoms with E-state index in [-0.39, 0.29) is 5.91 Å². The van der Waals surface area contributed by atoms with E-state index in [2.05, 4.69) is 10.5 Å². The van der Waals surface area contributed by atoms with Crippen molar-refractivity contribution in [1.29, 1.82) is 0 Å². The fourth-order valence-corrected chi connectivity index (χ4v) is 2.02. The lowest BCUT2D eigenvalue weighted by Crippen LogP contribution is -2.33. The molecule has 5 heteroatoms. The number of halogens is 1. The molecule has 0 aromatic heterocycles. The first kappa shape index (κ1) is 17.8. The summed E-state index contributed by atoms with van der Waals surface area (Å²) in [6.07, 6.45) is 4.50. The van der Waals surface area contributed by atoms with Gasteiger partial charge in [0.2, 0.25) is 0 Å². The highest BCUT2D eigenvalue weighted by Gasteiger charge is 2.14. The lowest BCUT2D eigenvalue weighted by molar-refractivity contribution is -0.127. The first-order chi connectivity index (χ1) is 11.6. The maximum Gasteiger partial charge on any atom is 0.280 e. The number of carbonyl (C=O) groups is 1. The summed E-state index contributed by atoms with van der Waals surface area (Å²) in [5.74, 6) is 0.263. The van der Waals surface area contributed by atoms with Crippen LogP contribution in [0.4, 0.5) is 0 Å². The molecule has 1 atom stereocenters. The number of hydrogen-bond donors (Lipinski definition) is 1. The number of benzene rings is 2. The summed E-state index contributed by atoms with van der Waals surface area (Å²) in [6.45, 7) is 3.54. The summed E-state index contributed by atoms with van der Waals surface area (Å²) in [7, 11) is 0. The molecule has 0 unspecified atom stereocenters. The van der Waals surface area contributed by atoms with Crippen molar-refractivity contribution in [3.8, 4) is 5.75 Å². The van der Waals surface area contributed by atoms with Gasteiger partial charge in [0.25, 0.3) is 5.91 Å². The SMILES string of the molecule is Cc1cc(O[C@@H](C)C(=O)NN=C/C=C/c2ccccc2)ccc1Cl. The highest BCUT2D eigenvalue weighted by atomic mass is 35.5. The number of hydrogen-bond acceptors (Lipinski definition) is 3. The molecule has 0 spiro atoms. The molecule has 0 aliphatic rings. The Morgan fingerprint density at radius 2 is 2.00 bits per heavy atom. The zero-order chi connectivity index (χ0) is 17.4. The molecule has 2 aromatic rings. The molecule has 4 nitrogen and oxygen atoms in total. The van der Waals surface area contributed by atoms with Crippen LogP contribution in [0.3, 0.4) is 0 Å². The van der Waals surface area contributed by atoms with Crippen LogP contribution in [0.5, 0.6) is 5.75 Å². The van der Waals surface area contributed by atoms with Crippen LogP contribution in [0.25, 0.3) is 6.08 Å². The summed E-state index contributed by atoms with van der Waals surface area (Å²) >= 11 is 5.96. The van der Waals surface area contributed by atoms with E-state index in [4.69, 9.17) is 16.3 Å². The second-order valence-electron chi connectivity index (χ2n) is 5.20. The number of nitrogens with zero attached hydrogens (tertiary/aromatic N) is 1. The Hall–Kier alpha value is -2.59. The van der Waals surface area contributed by atoms with Crippen LogP contribution >= 0.6 is 11.6 Å². The van der Waals surface area contributed by atoms with Crippen LogP contribution in [-0.2, 0) is 4.79 Å². The molecule has 0 radical (unpaired) electrons. The van der Waals surface area contributed by atoms with Crippen molar-refractivity contribution in [3.05, 3.63) is 70.8 Å². The number of amides is 1. The molecule has 0 aliphatic carbocycles. The van der Waals surface area contributed by atoms with Crippen molar-refractivity contribution in [2.75, 3.05) is 0 Å². The van der Waals surface area contributed by atoms with Crippen molar-refractivity contribution in [1.82, 2.24) is 5.43 Å². The molecular weight excluding hydrogens is 324 g/mol. The average molecular weight is 343 g/mol. The van der Waals surface area contributed by atoms with Crippen LogP contribution in [0.1, 0.15) is 18.1 Å². The second-order valence-corrected chi connectivity index (χ2v) is 5.60. The van der Waals surface area contributed by atoms with E-state index < -0.39 is 6.10 Å². The number of ether oxygens (including phenoxy) is 1. The van der Waals surface area contributed by atoms with Gasteiger partial charge >= 0.3 is 0 Å². The van der Waals surface area contributed by atoms with Crippen LogP contribution in [-0.4, -0.2) is 18.2 Å². The third-order valence-electron chi connectivity index (χ3n) is 3.24. The van der Waals surface area contributed by atoms with E-state index >= 15 is 0 Å². The van der Waals surface area contributed by atoms with Crippen molar-refractivity contribution in [2.45, 2.75) is 20.0 Å². The zero-order valence-corrected chi connectivity index (χ0v) is 14.3. The van der Waals surface area contributed by atoms with Gasteiger partial charge in [-0.1, -0.05) is 48.0 Å². The zero-order valence-electron chi connectivity index (χ0n) is 13.6. The lowest BCUT2D eigenvalue weighted by Gasteiger charge is -2.13. The molecule has 1 amide bonds. The smallest absolute Gasteiger partial charge is 0.280 e. The van der Waals surface area contributed by atoms with Gasteiger partial charge in [-0.15, -0.1) is 0 Å². The van der Waals surface area contributed by atoms with Crippen molar-refractivity contribution in [3.63, 3.8) is 0 Å². The van der Waals surface area contributed by atoms with Crippen LogP contribution in [0.15, 0.2) is 59.7 Å². The van der Waals surface area contributed by atoms with E-state index in [0.29, 0.717) is 10.8 Å². The van der Waals surface area contributed by atoms with Gasteiger partial charge in [-0.25, -0.2) is 5.43 Å². The summed E-state index contributed by atoms with van der Waals surface area (Å²) < 4.78 is 5.58. The summed E-state index contributed by atoms with van der Waals surface area (Å²) in [6, 6.07) is 15.1. The Morgan fingerprint density at radius 1 is 1.25 bits per heavy atom. The molecule has 2 rings (SSSR count). The van der Waals surface area contributed by atoms with Crippen LogP contribution in [0.2, 0.25) is 5.02 Å². The van der Waals surface area contributed by atoms with E-state index in [1.807, 2.05) is 43.3 Å². The van der Waals surface area contributed by atoms with Gasteiger partial charge in [-0.05, 0) is 49.2 Å². The Bertz CT molecular complexity index is 742. The van der Waals surface area contributed by atoms with E-state index in [0.717, 1.165) is 11.1 Å². The van der Waals surface area contributed by atoms with Gasteiger partial charge in [0.1, 0.15) is 5.75 Å². The maximum atomic E-state index is 11.9. The Morgan fingerprint density at radius 3 is 2.71 bits per heavy atom. The van der Waals surface area contributed by atoms with E-state index in [1.54, 1.807) is 31.2 Å². The second kappa shape index (κ2) is 8.89. The van der Waals surface area contributed by atoms with Crippen molar-refractivity contribution in [2.24, 2.45) is 5.10 Å². The van der Waals surface area contributed by atoms with E-state index in [1.165, 1.54) is 6.21 Å². The molecule has 0 saturated carbocycles. The fourth-order valence-electron chi connectivity index (χ4n) is 1.90. The standard InChI is InChI=1S/C19H19ClN2O2/c1-14-13-17(10-11-18(14)20)24-15(2)19(23)22-21-12-6-9-16-7-4-3-5-8-16/h3-13,15H,1-2H3,(H,22,23)/b9-6+,21-12?/t15-/m0/s1. The minimum absolute atomic E-state index is 0.327. The first-order valence-corrected chi connectivity index (χ1v) is 7.91. The predicted octanol–water partition coefficient (Wildman–Crippen LogP) is 4.23. The molecule has 24 heavy (non-hydrogen) atoms. The minimum Gasteiger partial charge on any atom is -0.481 e. The van der Waals surface area contributed by atoms with Gasteiger partial charge in [0.15, 0.2) is 6.10 Å².